The molecule has 3 aliphatic heterocycles. The van der Waals surface area contributed by atoms with Crippen molar-refractivity contribution in [2.24, 2.45) is 5.41 Å². The fraction of sp³-hybridized carbons (Fsp3) is 0.407. The van der Waals surface area contributed by atoms with E-state index in [1.54, 1.807) is 0 Å². The lowest BCUT2D eigenvalue weighted by Gasteiger charge is -2.60. The molecule has 3 aliphatic rings. The number of aromatic amines is 1. The molecule has 0 radical (unpaired) electrons. The Hall–Kier alpha value is -2.52. The molecule has 6 rings (SSSR count). The lowest BCUT2D eigenvalue weighted by atomic mass is 9.63. The van der Waals surface area contributed by atoms with Gasteiger partial charge in [0.1, 0.15) is 5.66 Å². The van der Waals surface area contributed by atoms with Gasteiger partial charge >= 0.3 is 0 Å². The van der Waals surface area contributed by atoms with Crippen molar-refractivity contribution in [2.75, 3.05) is 13.1 Å². The van der Waals surface area contributed by atoms with Gasteiger partial charge < -0.3 is 9.88 Å². The van der Waals surface area contributed by atoms with Crippen molar-refractivity contribution in [1.29, 1.82) is 0 Å². The van der Waals surface area contributed by atoms with Crippen LogP contribution in [-0.4, -0.2) is 27.9 Å². The molecule has 3 heteroatoms. The number of rotatable bonds is 3. The van der Waals surface area contributed by atoms with Crippen LogP contribution in [0.4, 0.5) is 0 Å². The lowest BCUT2D eigenvalue weighted by Crippen LogP contribution is -2.66. The Balaban J connectivity index is 1.62. The second-order valence-electron chi connectivity index (χ2n) is 9.49. The van der Waals surface area contributed by atoms with Crippen molar-refractivity contribution < 1.29 is 0 Å². The van der Waals surface area contributed by atoms with Crippen molar-refractivity contribution >= 4 is 10.9 Å². The van der Waals surface area contributed by atoms with E-state index in [-0.39, 0.29) is 11.1 Å². The highest BCUT2D eigenvalue weighted by Gasteiger charge is 2.66. The maximum atomic E-state index is 4.65. The molecular formula is C27H31N3. The van der Waals surface area contributed by atoms with Gasteiger partial charge in [-0.1, -0.05) is 62.0 Å². The van der Waals surface area contributed by atoms with Gasteiger partial charge in [-0.3, -0.25) is 4.90 Å². The second-order valence-corrected chi connectivity index (χ2v) is 9.49. The summed E-state index contributed by atoms with van der Waals surface area (Å²) in [7, 11) is 0. The van der Waals surface area contributed by atoms with Gasteiger partial charge in [0.25, 0.3) is 0 Å². The Morgan fingerprint density at radius 2 is 1.83 bits per heavy atom. The van der Waals surface area contributed by atoms with E-state index in [9.17, 15) is 0 Å². The first-order valence-electron chi connectivity index (χ1n) is 11.5. The first kappa shape index (κ1) is 18.3. The van der Waals surface area contributed by atoms with E-state index in [0.29, 0.717) is 0 Å². The molecule has 0 amide bonds. The summed E-state index contributed by atoms with van der Waals surface area (Å²) in [5.74, 6) is 0. The molecule has 2 saturated heterocycles. The number of nitrogens with zero attached hydrogens (tertiary/aromatic N) is 2. The molecule has 4 heterocycles. The minimum atomic E-state index is -0.112. The monoisotopic (exact) mass is 397 g/mol. The summed E-state index contributed by atoms with van der Waals surface area (Å²) >= 11 is 0. The predicted octanol–water partition coefficient (Wildman–Crippen LogP) is 5.79. The lowest BCUT2D eigenvalue weighted by molar-refractivity contribution is -0.149. The fourth-order valence-electron chi connectivity index (χ4n) is 7.04. The number of hydrogen-bond acceptors (Lipinski definition) is 2. The van der Waals surface area contributed by atoms with Crippen LogP contribution in [0.5, 0.6) is 0 Å². The maximum Gasteiger partial charge on any atom is 0.141 e. The number of likely N-dealkylation sites (tertiary alicyclic amines) is 1. The molecule has 1 aromatic heterocycles. The Morgan fingerprint density at radius 3 is 2.67 bits per heavy atom. The summed E-state index contributed by atoms with van der Waals surface area (Å²) in [6.07, 6.45) is 5.98. The molecule has 3 aromatic rings. The van der Waals surface area contributed by atoms with Crippen LogP contribution in [-0.2, 0) is 18.6 Å². The van der Waals surface area contributed by atoms with Crippen molar-refractivity contribution in [2.45, 2.75) is 51.2 Å². The molecule has 3 nitrogen and oxygen atoms in total. The molecule has 2 atom stereocenters. The van der Waals surface area contributed by atoms with E-state index in [1.165, 1.54) is 59.2 Å². The Kier molecular flexibility index (Phi) is 3.95. The standard InChI is InChI=1S/C27H31N3/c1-3-26-15-9-16-29-17-14-23-22-12-7-8-13-24(22)28-25(23)27(26,29)30(20(2)18-26)19-21-10-5-4-6-11-21/h4-8,10-13,28H,2-3,9,14-19H2,1H3/t26-,27+/m0/s1. The zero-order chi connectivity index (χ0) is 20.3. The number of nitrogens with one attached hydrogen (secondary N) is 1. The zero-order valence-electron chi connectivity index (χ0n) is 18.0. The number of fused-ring (bicyclic) bond motifs is 3. The molecule has 30 heavy (non-hydrogen) atoms. The van der Waals surface area contributed by atoms with E-state index in [1.807, 2.05) is 0 Å². The number of hydrogen-bond donors (Lipinski definition) is 1. The van der Waals surface area contributed by atoms with Crippen LogP contribution in [0, 0.1) is 5.41 Å². The van der Waals surface area contributed by atoms with Crippen LogP contribution in [0.25, 0.3) is 10.9 Å². The fourth-order valence-corrected chi connectivity index (χ4v) is 7.04. The number of piperidine rings is 1. The summed E-state index contributed by atoms with van der Waals surface area (Å²) < 4.78 is 0. The third kappa shape index (κ3) is 2.19. The number of allylic oxidation sites excluding steroid dienone is 1. The van der Waals surface area contributed by atoms with Crippen LogP contribution in [0.15, 0.2) is 66.9 Å². The highest BCUT2D eigenvalue weighted by molar-refractivity contribution is 5.85. The highest BCUT2D eigenvalue weighted by Crippen LogP contribution is 2.65. The molecular weight excluding hydrogens is 366 g/mol. The smallest absolute Gasteiger partial charge is 0.141 e. The molecule has 2 aromatic carbocycles. The maximum absolute atomic E-state index is 4.65. The van der Waals surface area contributed by atoms with E-state index in [4.69, 9.17) is 0 Å². The van der Waals surface area contributed by atoms with E-state index in [0.717, 1.165) is 25.9 Å². The zero-order valence-corrected chi connectivity index (χ0v) is 18.0. The molecule has 1 N–H and O–H groups in total. The van der Waals surface area contributed by atoms with Crippen LogP contribution in [0.3, 0.4) is 0 Å². The SMILES string of the molecule is C=C1C[C@]2(CC)CCCN3CCc4c([nH]c5ccccc45)[C@]32N1Cc1ccccc1. The molecule has 154 valence electrons. The van der Waals surface area contributed by atoms with Gasteiger partial charge in [-0.2, -0.15) is 0 Å². The average molecular weight is 398 g/mol. The molecule has 0 unspecified atom stereocenters. The van der Waals surface area contributed by atoms with Crippen LogP contribution >= 0.6 is 0 Å². The molecule has 2 fully saturated rings. The Labute approximate surface area is 179 Å². The number of H-pyrrole nitrogens is 1. The normalized spacial score (nSPS) is 28.4. The van der Waals surface area contributed by atoms with Gasteiger partial charge in [0, 0.05) is 41.6 Å². The third-order valence-corrected chi connectivity index (χ3v) is 8.25. The summed E-state index contributed by atoms with van der Waals surface area (Å²) in [6, 6.07) is 19.8. The number of aromatic nitrogens is 1. The van der Waals surface area contributed by atoms with Gasteiger partial charge in [-0.15, -0.1) is 0 Å². The average Bonchev–Trinajstić information content (AvgIpc) is 3.28. The minimum absolute atomic E-state index is 0.112. The largest absolute Gasteiger partial charge is 0.355 e. The van der Waals surface area contributed by atoms with Gasteiger partial charge in [-0.05, 0) is 49.3 Å². The van der Waals surface area contributed by atoms with Gasteiger partial charge in [0.05, 0.1) is 5.69 Å². The number of benzene rings is 2. The summed E-state index contributed by atoms with van der Waals surface area (Å²) in [5.41, 5.74) is 7.05. The summed E-state index contributed by atoms with van der Waals surface area (Å²) in [5, 5.41) is 1.41. The summed E-state index contributed by atoms with van der Waals surface area (Å²) in [6.45, 7) is 10.3. The third-order valence-electron chi connectivity index (χ3n) is 8.25. The van der Waals surface area contributed by atoms with Crippen molar-refractivity contribution in [3.63, 3.8) is 0 Å². The van der Waals surface area contributed by atoms with Crippen LogP contribution < -0.4 is 0 Å². The minimum Gasteiger partial charge on any atom is -0.355 e. The van der Waals surface area contributed by atoms with Crippen molar-refractivity contribution in [3.05, 3.63) is 83.7 Å². The summed E-state index contributed by atoms with van der Waals surface area (Å²) in [4.78, 5) is 9.43. The van der Waals surface area contributed by atoms with Gasteiger partial charge in [0.15, 0.2) is 0 Å². The first-order chi connectivity index (χ1) is 14.7. The highest BCUT2D eigenvalue weighted by atomic mass is 15.5. The molecule has 0 saturated carbocycles. The van der Waals surface area contributed by atoms with Crippen molar-refractivity contribution in [3.8, 4) is 0 Å². The molecule has 0 bridgehead atoms. The van der Waals surface area contributed by atoms with Crippen molar-refractivity contribution in [1.82, 2.24) is 14.8 Å². The van der Waals surface area contributed by atoms with E-state index >= 15 is 0 Å². The number of para-hydroxylation sites is 1. The van der Waals surface area contributed by atoms with E-state index < -0.39 is 0 Å². The molecule has 0 aliphatic carbocycles. The Morgan fingerprint density at radius 1 is 1.03 bits per heavy atom. The van der Waals surface area contributed by atoms with E-state index in [2.05, 4.69) is 82.9 Å². The van der Waals surface area contributed by atoms with Gasteiger partial charge in [0.2, 0.25) is 0 Å². The van der Waals surface area contributed by atoms with Crippen LogP contribution in [0.1, 0.15) is 49.4 Å². The predicted molar refractivity (Wildman–Crippen MR) is 123 cm³/mol. The molecule has 1 spiro atoms. The first-order valence-corrected chi connectivity index (χ1v) is 11.5. The van der Waals surface area contributed by atoms with Crippen LogP contribution in [0.2, 0.25) is 0 Å². The quantitative estimate of drug-likeness (QED) is 0.604. The Bertz CT molecular complexity index is 1110. The van der Waals surface area contributed by atoms with Gasteiger partial charge in [-0.25, -0.2) is 0 Å². The second kappa shape index (κ2) is 6.49. The topological polar surface area (TPSA) is 22.3 Å².